The molecule has 2 aromatic carbocycles. The standard InChI is InChI=1S/C20H20Cl2N2O2/c1-12-5-4-6-18(13(12)2)24-10-9-23(14(3)19(24)25)20(26)15-7-8-16(21)17(22)11-15/h4-8,11,14H,9-10H2,1-3H3/t14-/m0/s1. The number of benzene rings is 2. The van der Waals surface area contributed by atoms with Crippen molar-refractivity contribution >= 4 is 40.7 Å². The lowest BCUT2D eigenvalue weighted by atomic mass is 10.0. The third-order valence-corrected chi connectivity index (χ3v) is 5.69. The normalized spacial score (nSPS) is 17.6. The van der Waals surface area contributed by atoms with Gasteiger partial charge in [-0.05, 0) is 56.2 Å². The highest BCUT2D eigenvalue weighted by Gasteiger charge is 2.36. The molecule has 1 aliphatic rings. The molecule has 0 aromatic heterocycles. The monoisotopic (exact) mass is 390 g/mol. The molecular weight excluding hydrogens is 371 g/mol. The molecule has 4 nitrogen and oxygen atoms in total. The second-order valence-electron chi connectivity index (χ2n) is 6.51. The molecule has 2 amide bonds. The van der Waals surface area contributed by atoms with Crippen LogP contribution < -0.4 is 4.90 Å². The smallest absolute Gasteiger partial charge is 0.254 e. The van der Waals surface area contributed by atoms with Crippen molar-refractivity contribution in [2.24, 2.45) is 0 Å². The number of carbonyl (C=O) groups excluding carboxylic acids is 2. The minimum Gasteiger partial charge on any atom is -0.325 e. The van der Waals surface area contributed by atoms with Crippen LogP contribution in [0.25, 0.3) is 0 Å². The van der Waals surface area contributed by atoms with Crippen molar-refractivity contribution in [2.45, 2.75) is 26.8 Å². The Bertz CT molecular complexity index is 882. The first kappa shape index (κ1) is 18.7. The maximum atomic E-state index is 12.9. The fourth-order valence-corrected chi connectivity index (χ4v) is 3.51. The number of hydrogen-bond donors (Lipinski definition) is 0. The summed E-state index contributed by atoms with van der Waals surface area (Å²) < 4.78 is 0. The molecule has 1 fully saturated rings. The quantitative estimate of drug-likeness (QED) is 0.757. The number of nitrogens with zero attached hydrogens (tertiary/aromatic N) is 2. The van der Waals surface area contributed by atoms with E-state index in [1.165, 1.54) is 0 Å². The number of carbonyl (C=O) groups is 2. The van der Waals surface area contributed by atoms with Gasteiger partial charge < -0.3 is 9.80 Å². The van der Waals surface area contributed by atoms with Crippen LogP contribution in [-0.2, 0) is 4.79 Å². The van der Waals surface area contributed by atoms with E-state index in [4.69, 9.17) is 23.2 Å². The van der Waals surface area contributed by atoms with Gasteiger partial charge in [-0.15, -0.1) is 0 Å². The van der Waals surface area contributed by atoms with Gasteiger partial charge >= 0.3 is 0 Å². The first-order valence-electron chi connectivity index (χ1n) is 8.45. The summed E-state index contributed by atoms with van der Waals surface area (Å²) in [6.45, 7) is 6.71. The fourth-order valence-electron chi connectivity index (χ4n) is 3.21. The maximum Gasteiger partial charge on any atom is 0.254 e. The molecule has 1 heterocycles. The zero-order valence-electron chi connectivity index (χ0n) is 14.9. The number of piperazine rings is 1. The SMILES string of the molecule is Cc1cccc(N2CCN(C(=O)c3ccc(Cl)c(Cl)c3)[C@@H](C)C2=O)c1C. The Labute approximate surface area is 163 Å². The van der Waals surface area contributed by atoms with Gasteiger partial charge in [0.1, 0.15) is 6.04 Å². The van der Waals surface area contributed by atoms with Crippen LogP contribution in [0.3, 0.4) is 0 Å². The number of rotatable bonds is 2. The van der Waals surface area contributed by atoms with Gasteiger partial charge in [0.05, 0.1) is 10.0 Å². The van der Waals surface area contributed by atoms with E-state index in [1.54, 1.807) is 34.9 Å². The molecule has 1 aliphatic heterocycles. The molecule has 3 rings (SSSR count). The second-order valence-corrected chi connectivity index (χ2v) is 7.33. The molecule has 0 unspecified atom stereocenters. The molecule has 0 aliphatic carbocycles. The van der Waals surface area contributed by atoms with Crippen molar-refractivity contribution in [1.82, 2.24) is 4.90 Å². The maximum absolute atomic E-state index is 12.9. The average molecular weight is 391 g/mol. The third-order valence-electron chi connectivity index (χ3n) is 4.95. The molecule has 0 bridgehead atoms. The molecule has 0 radical (unpaired) electrons. The molecule has 0 N–H and O–H groups in total. The first-order chi connectivity index (χ1) is 12.3. The van der Waals surface area contributed by atoms with Crippen molar-refractivity contribution in [3.63, 3.8) is 0 Å². The van der Waals surface area contributed by atoms with Gasteiger partial charge in [0.15, 0.2) is 0 Å². The minimum absolute atomic E-state index is 0.0849. The molecule has 2 aromatic rings. The average Bonchev–Trinajstić information content (AvgIpc) is 2.62. The predicted molar refractivity (Wildman–Crippen MR) is 105 cm³/mol. The fraction of sp³-hybridized carbons (Fsp3) is 0.300. The van der Waals surface area contributed by atoms with Crippen LogP contribution >= 0.6 is 23.2 Å². The number of hydrogen-bond acceptors (Lipinski definition) is 2. The summed E-state index contributed by atoms with van der Waals surface area (Å²) in [5.41, 5.74) is 3.55. The van der Waals surface area contributed by atoms with Gasteiger partial charge in [0.2, 0.25) is 5.91 Å². The van der Waals surface area contributed by atoms with Crippen molar-refractivity contribution in [2.75, 3.05) is 18.0 Å². The Hall–Kier alpha value is -2.04. The molecule has 1 saturated heterocycles. The van der Waals surface area contributed by atoms with Crippen LogP contribution in [0.5, 0.6) is 0 Å². The molecule has 1 atom stereocenters. The Morgan fingerprint density at radius 3 is 2.50 bits per heavy atom. The van der Waals surface area contributed by atoms with E-state index in [0.29, 0.717) is 28.7 Å². The van der Waals surface area contributed by atoms with Crippen LogP contribution in [0.1, 0.15) is 28.4 Å². The summed E-state index contributed by atoms with van der Waals surface area (Å²) in [5, 5.41) is 0.720. The molecule has 0 spiro atoms. The zero-order chi connectivity index (χ0) is 19.0. The first-order valence-corrected chi connectivity index (χ1v) is 9.20. The van der Waals surface area contributed by atoms with Gasteiger partial charge in [0, 0.05) is 24.3 Å². The van der Waals surface area contributed by atoms with Crippen LogP contribution in [-0.4, -0.2) is 35.8 Å². The highest BCUT2D eigenvalue weighted by molar-refractivity contribution is 6.42. The predicted octanol–water partition coefficient (Wildman–Crippen LogP) is 4.49. The van der Waals surface area contributed by atoms with Crippen LogP contribution in [0.2, 0.25) is 10.0 Å². The highest BCUT2D eigenvalue weighted by atomic mass is 35.5. The summed E-state index contributed by atoms with van der Waals surface area (Å²) in [7, 11) is 0. The van der Waals surface area contributed by atoms with E-state index in [1.807, 2.05) is 32.0 Å². The Kier molecular flexibility index (Phi) is 5.26. The van der Waals surface area contributed by atoms with Crippen molar-refractivity contribution in [1.29, 1.82) is 0 Å². The van der Waals surface area contributed by atoms with E-state index in [0.717, 1.165) is 16.8 Å². The number of halogens is 2. The number of amides is 2. The summed E-state index contributed by atoms with van der Waals surface area (Å²) in [6.07, 6.45) is 0. The number of anilines is 1. The lowest BCUT2D eigenvalue weighted by Gasteiger charge is -2.39. The Balaban J connectivity index is 1.84. The van der Waals surface area contributed by atoms with Crippen LogP contribution in [0.4, 0.5) is 5.69 Å². The highest BCUT2D eigenvalue weighted by Crippen LogP contribution is 2.28. The van der Waals surface area contributed by atoms with E-state index < -0.39 is 6.04 Å². The van der Waals surface area contributed by atoms with Crippen molar-refractivity contribution in [3.8, 4) is 0 Å². The lowest BCUT2D eigenvalue weighted by Crippen LogP contribution is -2.58. The van der Waals surface area contributed by atoms with Gasteiger partial charge in [-0.3, -0.25) is 9.59 Å². The van der Waals surface area contributed by atoms with Crippen LogP contribution in [0.15, 0.2) is 36.4 Å². The molecule has 6 heteroatoms. The van der Waals surface area contributed by atoms with E-state index in [9.17, 15) is 9.59 Å². The van der Waals surface area contributed by atoms with E-state index in [-0.39, 0.29) is 11.8 Å². The summed E-state index contributed by atoms with van der Waals surface area (Å²) in [4.78, 5) is 29.1. The molecule has 0 saturated carbocycles. The third kappa shape index (κ3) is 3.31. The van der Waals surface area contributed by atoms with E-state index in [2.05, 4.69) is 0 Å². The molecule has 26 heavy (non-hydrogen) atoms. The Morgan fingerprint density at radius 2 is 1.81 bits per heavy atom. The van der Waals surface area contributed by atoms with Gasteiger partial charge in [-0.1, -0.05) is 35.3 Å². The summed E-state index contributed by atoms with van der Waals surface area (Å²) in [5.74, 6) is -0.302. The van der Waals surface area contributed by atoms with Gasteiger partial charge in [0.25, 0.3) is 5.91 Å². The summed E-state index contributed by atoms with van der Waals surface area (Å²) in [6, 6.07) is 10.1. The zero-order valence-corrected chi connectivity index (χ0v) is 16.4. The molecular formula is C20H20Cl2N2O2. The molecule has 136 valence electrons. The Morgan fingerprint density at radius 1 is 1.08 bits per heavy atom. The minimum atomic E-state index is -0.550. The number of aryl methyl sites for hydroxylation is 1. The van der Waals surface area contributed by atoms with Gasteiger partial charge in [-0.2, -0.15) is 0 Å². The van der Waals surface area contributed by atoms with Gasteiger partial charge in [-0.25, -0.2) is 0 Å². The van der Waals surface area contributed by atoms with E-state index >= 15 is 0 Å². The topological polar surface area (TPSA) is 40.6 Å². The lowest BCUT2D eigenvalue weighted by molar-refractivity contribution is -0.124. The van der Waals surface area contributed by atoms with Crippen LogP contribution in [0, 0.1) is 13.8 Å². The van der Waals surface area contributed by atoms with Crippen molar-refractivity contribution < 1.29 is 9.59 Å². The largest absolute Gasteiger partial charge is 0.325 e. The second kappa shape index (κ2) is 7.29. The summed E-state index contributed by atoms with van der Waals surface area (Å²) >= 11 is 11.9. The van der Waals surface area contributed by atoms with Crippen molar-refractivity contribution in [3.05, 3.63) is 63.1 Å².